The minimum atomic E-state index is 0. The molecule has 0 aliphatic carbocycles. The Labute approximate surface area is 138 Å². The first kappa shape index (κ1) is 18.7. The van der Waals surface area contributed by atoms with Crippen molar-refractivity contribution in [3.05, 3.63) is 29.8 Å². The Morgan fingerprint density at radius 2 is 1.95 bits per heavy atom. The molecule has 1 aliphatic heterocycles. The molecule has 22 heavy (non-hydrogen) atoms. The number of hydrogen-bond donors (Lipinski definition) is 1. The maximum absolute atomic E-state index is 11.8. The van der Waals surface area contributed by atoms with Crippen LogP contribution < -0.4 is 10.1 Å². The number of hydrogen-bond acceptors (Lipinski definition) is 4. The predicted octanol–water partition coefficient (Wildman–Crippen LogP) is 1.50. The van der Waals surface area contributed by atoms with Crippen LogP contribution in [-0.2, 0) is 16.0 Å². The highest BCUT2D eigenvalue weighted by atomic mass is 35.5. The molecule has 6 heteroatoms. The van der Waals surface area contributed by atoms with Crippen LogP contribution in [0.25, 0.3) is 0 Å². The zero-order chi connectivity index (χ0) is 14.9. The van der Waals surface area contributed by atoms with Gasteiger partial charge in [-0.3, -0.25) is 9.69 Å². The van der Waals surface area contributed by atoms with Crippen molar-refractivity contribution in [3.63, 3.8) is 0 Å². The van der Waals surface area contributed by atoms with Gasteiger partial charge in [0.15, 0.2) is 0 Å². The summed E-state index contributed by atoms with van der Waals surface area (Å²) in [4.78, 5) is 14.2. The zero-order valence-corrected chi connectivity index (χ0v) is 13.9. The monoisotopic (exact) mass is 328 g/mol. The van der Waals surface area contributed by atoms with Crippen LogP contribution >= 0.6 is 12.4 Å². The molecule has 1 amide bonds. The number of nitrogens with zero attached hydrogens (tertiary/aromatic N) is 1. The molecular formula is C16H25ClN2O3. The third kappa shape index (κ3) is 6.64. The third-order valence-electron chi connectivity index (χ3n) is 3.60. The van der Waals surface area contributed by atoms with Crippen molar-refractivity contribution in [2.45, 2.75) is 12.8 Å². The largest absolute Gasteiger partial charge is 0.497 e. The van der Waals surface area contributed by atoms with Crippen LogP contribution in [0.4, 0.5) is 0 Å². The maximum Gasteiger partial charge on any atom is 0.224 e. The summed E-state index contributed by atoms with van der Waals surface area (Å²) in [5.41, 5.74) is 1.00. The number of carbonyl (C=O) groups is 1. The van der Waals surface area contributed by atoms with E-state index >= 15 is 0 Å². The van der Waals surface area contributed by atoms with E-state index in [0.29, 0.717) is 6.42 Å². The Hall–Kier alpha value is -1.30. The molecule has 1 aromatic rings. The van der Waals surface area contributed by atoms with Gasteiger partial charge < -0.3 is 14.8 Å². The molecule has 1 aliphatic rings. The summed E-state index contributed by atoms with van der Waals surface area (Å²) in [5, 5.41) is 2.97. The van der Waals surface area contributed by atoms with Crippen LogP contribution in [0, 0.1) is 0 Å². The molecule has 1 fully saturated rings. The minimum Gasteiger partial charge on any atom is -0.497 e. The molecule has 1 heterocycles. The molecule has 124 valence electrons. The third-order valence-corrected chi connectivity index (χ3v) is 3.60. The molecule has 0 unspecified atom stereocenters. The Balaban J connectivity index is 0.00000242. The first-order chi connectivity index (χ1) is 10.3. The molecule has 0 spiro atoms. The van der Waals surface area contributed by atoms with Crippen LogP contribution in [-0.4, -0.2) is 57.3 Å². The number of amides is 1. The number of nitrogens with one attached hydrogen (secondary N) is 1. The van der Waals surface area contributed by atoms with Crippen molar-refractivity contribution in [3.8, 4) is 5.75 Å². The number of ether oxygens (including phenoxy) is 2. The average molecular weight is 329 g/mol. The lowest BCUT2D eigenvalue weighted by atomic mass is 10.1. The maximum atomic E-state index is 11.8. The summed E-state index contributed by atoms with van der Waals surface area (Å²) in [7, 11) is 1.64. The normalized spacial score (nSPS) is 15.0. The highest BCUT2D eigenvalue weighted by molar-refractivity contribution is 5.85. The molecule has 0 bridgehead atoms. The van der Waals surface area contributed by atoms with Gasteiger partial charge in [0.2, 0.25) is 5.91 Å². The van der Waals surface area contributed by atoms with E-state index in [-0.39, 0.29) is 18.3 Å². The van der Waals surface area contributed by atoms with Crippen molar-refractivity contribution in [1.29, 1.82) is 0 Å². The summed E-state index contributed by atoms with van der Waals surface area (Å²) in [5.74, 6) is 0.881. The second-order valence-electron chi connectivity index (χ2n) is 5.18. The highest BCUT2D eigenvalue weighted by Crippen LogP contribution is 2.11. The Bertz CT molecular complexity index is 434. The summed E-state index contributed by atoms with van der Waals surface area (Å²) in [6, 6.07) is 7.60. The molecule has 1 N–H and O–H groups in total. The van der Waals surface area contributed by atoms with Crippen LogP contribution in [0.15, 0.2) is 24.3 Å². The van der Waals surface area contributed by atoms with Crippen molar-refractivity contribution >= 4 is 18.3 Å². The van der Waals surface area contributed by atoms with E-state index in [2.05, 4.69) is 10.2 Å². The molecular weight excluding hydrogens is 304 g/mol. The fraction of sp³-hybridized carbons (Fsp3) is 0.562. The van der Waals surface area contributed by atoms with E-state index in [1.54, 1.807) is 7.11 Å². The van der Waals surface area contributed by atoms with Crippen molar-refractivity contribution in [1.82, 2.24) is 10.2 Å². The van der Waals surface area contributed by atoms with E-state index in [0.717, 1.165) is 57.1 Å². The van der Waals surface area contributed by atoms with Gasteiger partial charge in [0, 0.05) is 19.6 Å². The van der Waals surface area contributed by atoms with Gasteiger partial charge in [-0.1, -0.05) is 12.1 Å². The van der Waals surface area contributed by atoms with E-state index in [1.807, 2.05) is 24.3 Å². The first-order valence-electron chi connectivity index (χ1n) is 7.47. The van der Waals surface area contributed by atoms with Gasteiger partial charge in [0.1, 0.15) is 5.75 Å². The molecule has 0 radical (unpaired) electrons. The topological polar surface area (TPSA) is 50.8 Å². The zero-order valence-electron chi connectivity index (χ0n) is 13.0. The van der Waals surface area contributed by atoms with E-state index in [4.69, 9.17) is 9.47 Å². The quantitative estimate of drug-likeness (QED) is 0.771. The van der Waals surface area contributed by atoms with Gasteiger partial charge in [-0.25, -0.2) is 0 Å². The van der Waals surface area contributed by atoms with Gasteiger partial charge in [0.05, 0.1) is 26.7 Å². The number of morpholine rings is 1. The summed E-state index contributed by atoms with van der Waals surface area (Å²) in [6.07, 6.45) is 1.40. The van der Waals surface area contributed by atoms with Gasteiger partial charge in [-0.05, 0) is 30.7 Å². The molecule has 1 aromatic carbocycles. The summed E-state index contributed by atoms with van der Waals surface area (Å²) in [6.45, 7) is 5.39. The van der Waals surface area contributed by atoms with Gasteiger partial charge in [-0.2, -0.15) is 0 Å². The number of carbonyl (C=O) groups excluding carboxylic acids is 1. The summed E-state index contributed by atoms with van der Waals surface area (Å²) < 4.78 is 10.4. The van der Waals surface area contributed by atoms with Crippen molar-refractivity contribution in [2.75, 3.05) is 46.5 Å². The lowest BCUT2D eigenvalue weighted by Crippen LogP contribution is -2.38. The van der Waals surface area contributed by atoms with E-state index < -0.39 is 0 Å². The molecule has 0 aromatic heterocycles. The highest BCUT2D eigenvalue weighted by Gasteiger charge is 2.09. The number of benzene rings is 1. The number of methoxy groups -OCH3 is 1. The fourth-order valence-electron chi connectivity index (χ4n) is 2.35. The molecule has 1 saturated heterocycles. The fourth-order valence-corrected chi connectivity index (χ4v) is 2.35. The average Bonchev–Trinajstić information content (AvgIpc) is 2.53. The van der Waals surface area contributed by atoms with Crippen LogP contribution in [0.3, 0.4) is 0 Å². The lowest BCUT2D eigenvalue weighted by molar-refractivity contribution is -0.120. The van der Waals surface area contributed by atoms with Gasteiger partial charge in [0.25, 0.3) is 0 Å². The van der Waals surface area contributed by atoms with Crippen LogP contribution in [0.2, 0.25) is 0 Å². The standard InChI is InChI=1S/C16H24N2O3.ClH/c1-20-15-5-3-14(4-6-15)13-16(19)17-7-2-8-18-9-11-21-12-10-18;/h3-6H,2,7-13H2,1H3,(H,17,19);1H. The summed E-state index contributed by atoms with van der Waals surface area (Å²) >= 11 is 0. The molecule has 5 nitrogen and oxygen atoms in total. The minimum absolute atomic E-state index is 0. The Morgan fingerprint density at radius 3 is 2.59 bits per heavy atom. The first-order valence-corrected chi connectivity index (χ1v) is 7.47. The number of rotatable bonds is 7. The van der Waals surface area contributed by atoms with Crippen LogP contribution in [0.1, 0.15) is 12.0 Å². The molecule has 0 atom stereocenters. The second-order valence-corrected chi connectivity index (χ2v) is 5.18. The predicted molar refractivity (Wildman–Crippen MR) is 88.8 cm³/mol. The van der Waals surface area contributed by atoms with Crippen molar-refractivity contribution < 1.29 is 14.3 Å². The number of halogens is 1. The smallest absolute Gasteiger partial charge is 0.224 e. The van der Waals surface area contributed by atoms with Crippen molar-refractivity contribution in [2.24, 2.45) is 0 Å². The Morgan fingerprint density at radius 1 is 1.27 bits per heavy atom. The van der Waals surface area contributed by atoms with E-state index in [1.165, 1.54) is 0 Å². The van der Waals surface area contributed by atoms with Crippen LogP contribution in [0.5, 0.6) is 5.75 Å². The Kier molecular flexibility index (Phi) is 8.89. The molecule has 2 rings (SSSR count). The van der Waals surface area contributed by atoms with Gasteiger partial charge >= 0.3 is 0 Å². The lowest BCUT2D eigenvalue weighted by Gasteiger charge is -2.26. The SMILES string of the molecule is COc1ccc(CC(=O)NCCCN2CCOCC2)cc1.Cl. The van der Waals surface area contributed by atoms with E-state index in [9.17, 15) is 4.79 Å². The second kappa shape index (κ2) is 10.4. The van der Waals surface area contributed by atoms with Gasteiger partial charge in [-0.15, -0.1) is 12.4 Å². The molecule has 0 saturated carbocycles.